The average Bonchev–Trinajstić information content (AvgIpc) is 2.39. The zero-order valence-electron chi connectivity index (χ0n) is 10.9. The molecule has 0 aromatic heterocycles. The normalized spacial score (nSPS) is 19.8. The van der Waals surface area contributed by atoms with Crippen LogP contribution < -0.4 is 10.6 Å². The summed E-state index contributed by atoms with van der Waals surface area (Å²) in [5.74, 6) is 0. The molecular weight excluding hydrogens is 292 g/mol. The lowest BCUT2D eigenvalue weighted by Crippen LogP contribution is -2.33. The highest BCUT2D eigenvalue weighted by molar-refractivity contribution is 9.10. The van der Waals surface area contributed by atoms with E-state index >= 15 is 0 Å². The number of hydrogen-bond donors (Lipinski definition) is 1. The van der Waals surface area contributed by atoms with E-state index in [2.05, 4.69) is 46.1 Å². The molecule has 0 amide bonds. The number of nitrogens with zero attached hydrogens (tertiary/aromatic N) is 1. The van der Waals surface area contributed by atoms with Gasteiger partial charge in [0.1, 0.15) is 0 Å². The fourth-order valence-electron chi connectivity index (χ4n) is 2.33. The van der Waals surface area contributed by atoms with Crippen molar-refractivity contribution in [1.29, 1.82) is 0 Å². The van der Waals surface area contributed by atoms with Crippen molar-refractivity contribution < 1.29 is 4.74 Å². The fraction of sp³-hybridized carbons (Fsp3) is 0.571. The van der Waals surface area contributed by atoms with Gasteiger partial charge in [-0.1, -0.05) is 15.9 Å². The van der Waals surface area contributed by atoms with E-state index in [0.29, 0.717) is 12.6 Å². The maximum Gasteiger partial charge on any atom is 0.0749 e. The number of nitrogens with two attached hydrogens (primary N) is 1. The summed E-state index contributed by atoms with van der Waals surface area (Å²) in [5.41, 5.74) is 8.05. The summed E-state index contributed by atoms with van der Waals surface area (Å²) >= 11 is 3.53. The third-order valence-electron chi connectivity index (χ3n) is 3.37. The maximum atomic E-state index is 5.78. The third-order valence-corrected chi connectivity index (χ3v) is 3.83. The van der Waals surface area contributed by atoms with Gasteiger partial charge in [0.15, 0.2) is 0 Å². The van der Waals surface area contributed by atoms with Gasteiger partial charge in [-0.25, -0.2) is 0 Å². The zero-order valence-corrected chi connectivity index (χ0v) is 12.4. The lowest BCUT2D eigenvalue weighted by Gasteiger charge is -2.29. The Morgan fingerprint density at radius 3 is 2.89 bits per heavy atom. The van der Waals surface area contributed by atoms with Gasteiger partial charge in [-0.2, -0.15) is 0 Å². The van der Waals surface area contributed by atoms with Crippen LogP contribution in [0.15, 0.2) is 22.7 Å². The average molecular weight is 313 g/mol. The summed E-state index contributed by atoms with van der Waals surface area (Å²) in [6.45, 7) is 2.42. The summed E-state index contributed by atoms with van der Waals surface area (Å²) in [6, 6.07) is 6.34. The summed E-state index contributed by atoms with van der Waals surface area (Å²) in [5, 5.41) is 0. The van der Waals surface area contributed by atoms with Crippen molar-refractivity contribution in [3.05, 3.63) is 28.2 Å². The van der Waals surface area contributed by atoms with E-state index in [9.17, 15) is 0 Å². The minimum absolute atomic E-state index is 0.365. The molecule has 1 aromatic carbocycles. The van der Waals surface area contributed by atoms with E-state index in [-0.39, 0.29) is 0 Å². The minimum atomic E-state index is 0.365. The van der Waals surface area contributed by atoms with E-state index in [0.717, 1.165) is 23.2 Å². The standard InChI is InChI=1S/C14H21BrN2O/c1-17(10-14-4-2-3-5-18-14)13-7-11(9-16)6-12(15)8-13/h6-8,14H,2-5,9-10,16H2,1H3. The molecule has 0 spiro atoms. The van der Waals surface area contributed by atoms with Crippen LogP contribution in [0.5, 0.6) is 0 Å². The van der Waals surface area contributed by atoms with Crippen molar-refractivity contribution in [2.45, 2.75) is 31.9 Å². The predicted octanol–water partition coefficient (Wildman–Crippen LogP) is 2.91. The first-order valence-electron chi connectivity index (χ1n) is 6.51. The smallest absolute Gasteiger partial charge is 0.0749 e. The quantitative estimate of drug-likeness (QED) is 0.929. The van der Waals surface area contributed by atoms with E-state index in [1.54, 1.807) is 0 Å². The Morgan fingerprint density at radius 1 is 1.39 bits per heavy atom. The van der Waals surface area contributed by atoms with Gasteiger partial charge in [0.25, 0.3) is 0 Å². The molecule has 0 saturated carbocycles. The van der Waals surface area contributed by atoms with Crippen LogP contribution >= 0.6 is 15.9 Å². The largest absolute Gasteiger partial charge is 0.376 e. The SMILES string of the molecule is CN(CC1CCCCO1)c1cc(Br)cc(CN)c1. The van der Waals surface area contributed by atoms with Crippen molar-refractivity contribution in [2.24, 2.45) is 5.73 Å². The van der Waals surface area contributed by atoms with Gasteiger partial charge in [-0.05, 0) is 43.0 Å². The highest BCUT2D eigenvalue weighted by atomic mass is 79.9. The number of benzene rings is 1. The first-order chi connectivity index (χ1) is 8.69. The maximum absolute atomic E-state index is 5.78. The molecule has 1 fully saturated rings. The highest BCUT2D eigenvalue weighted by Crippen LogP contribution is 2.23. The predicted molar refractivity (Wildman–Crippen MR) is 78.9 cm³/mol. The van der Waals surface area contributed by atoms with Crippen molar-refractivity contribution in [2.75, 3.05) is 25.1 Å². The van der Waals surface area contributed by atoms with Gasteiger partial charge >= 0.3 is 0 Å². The lowest BCUT2D eigenvalue weighted by atomic mass is 10.1. The molecule has 18 heavy (non-hydrogen) atoms. The molecule has 100 valence electrons. The second-order valence-electron chi connectivity index (χ2n) is 4.89. The Hall–Kier alpha value is -0.580. The number of anilines is 1. The van der Waals surface area contributed by atoms with Crippen LogP contribution in [0.4, 0.5) is 5.69 Å². The Labute approximate surface area is 117 Å². The summed E-state index contributed by atoms with van der Waals surface area (Å²) in [6.07, 6.45) is 4.02. The van der Waals surface area contributed by atoms with Crippen molar-refractivity contribution in [3.63, 3.8) is 0 Å². The molecule has 2 rings (SSSR count). The van der Waals surface area contributed by atoms with Crippen LogP contribution in [0.1, 0.15) is 24.8 Å². The number of rotatable bonds is 4. The van der Waals surface area contributed by atoms with Crippen LogP contribution in [0, 0.1) is 0 Å². The molecule has 1 saturated heterocycles. The molecule has 1 aromatic rings. The molecule has 0 bridgehead atoms. The molecule has 1 heterocycles. The van der Waals surface area contributed by atoms with Gasteiger partial charge in [0, 0.05) is 36.9 Å². The van der Waals surface area contributed by atoms with Crippen molar-refractivity contribution in [1.82, 2.24) is 0 Å². The number of hydrogen-bond acceptors (Lipinski definition) is 3. The van der Waals surface area contributed by atoms with E-state index in [1.165, 1.54) is 24.9 Å². The monoisotopic (exact) mass is 312 g/mol. The van der Waals surface area contributed by atoms with Crippen molar-refractivity contribution >= 4 is 21.6 Å². The molecule has 1 aliphatic heterocycles. The molecule has 4 heteroatoms. The molecule has 1 aliphatic rings. The van der Waals surface area contributed by atoms with Crippen LogP contribution in [0.2, 0.25) is 0 Å². The molecule has 0 aliphatic carbocycles. The topological polar surface area (TPSA) is 38.5 Å². The van der Waals surface area contributed by atoms with Crippen LogP contribution in [-0.2, 0) is 11.3 Å². The van der Waals surface area contributed by atoms with E-state index in [1.807, 2.05) is 0 Å². The van der Waals surface area contributed by atoms with Gasteiger partial charge in [-0.3, -0.25) is 0 Å². The Balaban J connectivity index is 2.02. The molecule has 1 unspecified atom stereocenters. The van der Waals surface area contributed by atoms with Crippen LogP contribution in [0.25, 0.3) is 0 Å². The van der Waals surface area contributed by atoms with Crippen molar-refractivity contribution in [3.8, 4) is 0 Å². The zero-order chi connectivity index (χ0) is 13.0. The molecule has 0 radical (unpaired) electrons. The Morgan fingerprint density at radius 2 is 2.22 bits per heavy atom. The van der Waals surface area contributed by atoms with Gasteiger partial charge in [0.2, 0.25) is 0 Å². The first kappa shape index (κ1) is 13.8. The molecule has 3 nitrogen and oxygen atoms in total. The number of ether oxygens (including phenoxy) is 1. The lowest BCUT2D eigenvalue weighted by molar-refractivity contribution is 0.0216. The summed E-state index contributed by atoms with van der Waals surface area (Å²) in [7, 11) is 2.11. The molecule has 1 atom stereocenters. The second kappa shape index (κ2) is 6.55. The van der Waals surface area contributed by atoms with Gasteiger partial charge in [-0.15, -0.1) is 0 Å². The second-order valence-corrected chi connectivity index (χ2v) is 5.81. The van der Waals surface area contributed by atoms with Gasteiger partial charge < -0.3 is 15.4 Å². The highest BCUT2D eigenvalue weighted by Gasteiger charge is 2.16. The Kier molecular flexibility index (Phi) is 5.03. The number of likely N-dealkylation sites (N-methyl/N-ethyl adjacent to an activating group) is 1. The van der Waals surface area contributed by atoms with Crippen LogP contribution in [-0.4, -0.2) is 26.3 Å². The molecular formula is C14H21BrN2O. The van der Waals surface area contributed by atoms with Crippen LogP contribution in [0.3, 0.4) is 0 Å². The fourth-order valence-corrected chi connectivity index (χ4v) is 2.86. The third kappa shape index (κ3) is 3.70. The Bertz CT molecular complexity index is 391. The molecule has 2 N–H and O–H groups in total. The van der Waals surface area contributed by atoms with E-state index in [4.69, 9.17) is 10.5 Å². The minimum Gasteiger partial charge on any atom is -0.376 e. The van der Waals surface area contributed by atoms with Gasteiger partial charge in [0.05, 0.1) is 6.10 Å². The number of halogens is 1. The summed E-state index contributed by atoms with van der Waals surface area (Å²) < 4.78 is 6.86. The first-order valence-corrected chi connectivity index (χ1v) is 7.30. The van der Waals surface area contributed by atoms with E-state index < -0.39 is 0 Å². The summed E-state index contributed by atoms with van der Waals surface area (Å²) in [4.78, 5) is 2.25.